The van der Waals surface area contributed by atoms with E-state index in [9.17, 15) is 4.79 Å². The molecule has 2 N–H and O–H groups in total. The number of piperidine rings is 1. The molecule has 1 saturated heterocycles. The summed E-state index contributed by atoms with van der Waals surface area (Å²) in [4.78, 5) is 19.2. The Morgan fingerprint density at radius 3 is 2.93 bits per heavy atom. The van der Waals surface area contributed by atoms with Crippen LogP contribution in [0.2, 0.25) is 0 Å². The van der Waals surface area contributed by atoms with Crippen LogP contribution in [0.3, 0.4) is 0 Å². The van der Waals surface area contributed by atoms with Crippen molar-refractivity contribution in [1.82, 2.24) is 14.5 Å². The van der Waals surface area contributed by atoms with Crippen molar-refractivity contribution in [3.63, 3.8) is 0 Å². The molecule has 1 atom stereocenters. The average Bonchev–Trinajstić information content (AvgIpc) is 3.10. The first-order valence-electron chi connectivity index (χ1n) is 9.40. The topological polar surface area (TPSA) is 82.6 Å². The minimum absolute atomic E-state index is 0.0331. The second-order valence-electron chi connectivity index (χ2n) is 6.89. The van der Waals surface area contributed by atoms with Gasteiger partial charge in [-0.25, -0.2) is 4.98 Å². The molecule has 0 bridgehead atoms. The van der Waals surface area contributed by atoms with Gasteiger partial charge in [-0.05, 0) is 43.9 Å². The summed E-state index contributed by atoms with van der Waals surface area (Å²) in [6.07, 6.45) is 5.96. The molecule has 1 aromatic carbocycles. The largest absolute Gasteiger partial charge is 0.493 e. The van der Waals surface area contributed by atoms with Crippen LogP contribution in [0.4, 0.5) is 0 Å². The van der Waals surface area contributed by atoms with Gasteiger partial charge in [-0.3, -0.25) is 4.79 Å². The Balaban J connectivity index is 1.68. The Labute approximate surface area is 160 Å². The second-order valence-corrected chi connectivity index (χ2v) is 6.89. The van der Waals surface area contributed by atoms with Crippen molar-refractivity contribution in [3.05, 3.63) is 42.0 Å². The van der Waals surface area contributed by atoms with Gasteiger partial charge in [0.25, 0.3) is 5.91 Å². The third-order valence-electron chi connectivity index (χ3n) is 4.97. The number of imidazole rings is 1. The number of nitrogens with two attached hydrogens (primary N) is 1. The summed E-state index contributed by atoms with van der Waals surface area (Å²) in [6.45, 7) is 5.27. The molecular formula is C20H28N4O3. The monoisotopic (exact) mass is 372 g/mol. The lowest BCUT2D eigenvalue weighted by Crippen LogP contribution is -2.41. The van der Waals surface area contributed by atoms with Crippen molar-refractivity contribution in [1.29, 1.82) is 0 Å². The van der Waals surface area contributed by atoms with Gasteiger partial charge in [0, 0.05) is 44.1 Å². The van der Waals surface area contributed by atoms with E-state index in [1.165, 1.54) is 0 Å². The summed E-state index contributed by atoms with van der Waals surface area (Å²) in [6, 6.07) is 5.32. The SMILES string of the molecule is COc1cc(C(=O)N2CCC[C@H](Cn3ccnc3C)C2)ccc1OCCN. The van der Waals surface area contributed by atoms with E-state index in [4.69, 9.17) is 15.2 Å². The maximum absolute atomic E-state index is 13.0. The molecular weight excluding hydrogens is 344 g/mol. The fourth-order valence-corrected chi connectivity index (χ4v) is 3.54. The fraction of sp³-hybridized carbons (Fsp3) is 0.500. The molecule has 0 radical (unpaired) electrons. The van der Waals surface area contributed by atoms with Gasteiger partial charge in [-0.2, -0.15) is 0 Å². The number of rotatable bonds is 7. The fourth-order valence-electron chi connectivity index (χ4n) is 3.54. The molecule has 0 aliphatic carbocycles. The number of nitrogens with zero attached hydrogens (tertiary/aromatic N) is 3. The summed E-state index contributed by atoms with van der Waals surface area (Å²) >= 11 is 0. The van der Waals surface area contributed by atoms with Gasteiger partial charge in [-0.15, -0.1) is 0 Å². The van der Waals surface area contributed by atoms with E-state index in [2.05, 4.69) is 9.55 Å². The molecule has 7 heteroatoms. The normalized spacial score (nSPS) is 17.0. The molecule has 27 heavy (non-hydrogen) atoms. The quantitative estimate of drug-likeness (QED) is 0.805. The third kappa shape index (κ3) is 4.60. The number of benzene rings is 1. The van der Waals surface area contributed by atoms with Gasteiger partial charge < -0.3 is 24.7 Å². The second kappa shape index (κ2) is 8.90. The molecule has 1 fully saturated rings. The molecule has 1 aromatic heterocycles. The molecule has 1 aliphatic heterocycles. The summed E-state index contributed by atoms with van der Waals surface area (Å²) in [7, 11) is 1.57. The summed E-state index contributed by atoms with van der Waals surface area (Å²) in [5.41, 5.74) is 6.10. The van der Waals surface area contributed by atoms with Crippen LogP contribution in [-0.4, -0.2) is 53.7 Å². The molecule has 0 spiro atoms. The number of aryl methyl sites for hydroxylation is 1. The first-order chi connectivity index (χ1) is 13.1. The van der Waals surface area contributed by atoms with Crippen molar-refractivity contribution in [3.8, 4) is 11.5 Å². The van der Waals surface area contributed by atoms with E-state index in [-0.39, 0.29) is 5.91 Å². The summed E-state index contributed by atoms with van der Waals surface area (Å²) < 4.78 is 13.1. The summed E-state index contributed by atoms with van der Waals surface area (Å²) in [5.74, 6) is 2.63. The number of carbonyl (C=O) groups excluding carboxylic acids is 1. The van der Waals surface area contributed by atoms with E-state index in [0.29, 0.717) is 36.1 Å². The van der Waals surface area contributed by atoms with Crippen LogP contribution in [0.25, 0.3) is 0 Å². The lowest BCUT2D eigenvalue weighted by atomic mass is 9.97. The lowest BCUT2D eigenvalue weighted by Gasteiger charge is -2.33. The highest BCUT2D eigenvalue weighted by atomic mass is 16.5. The Kier molecular flexibility index (Phi) is 6.34. The highest BCUT2D eigenvalue weighted by Crippen LogP contribution is 2.29. The molecule has 0 saturated carbocycles. The van der Waals surface area contributed by atoms with Gasteiger partial charge in [0.15, 0.2) is 11.5 Å². The number of aromatic nitrogens is 2. The highest BCUT2D eigenvalue weighted by Gasteiger charge is 2.25. The van der Waals surface area contributed by atoms with E-state index >= 15 is 0 Å². The standard InChI is InChI=1S/C20H28N4O3/c1-15-22-8-10-23(15)13-16-4-3-9-24(14-16)20(25)17-5-6-18(27-11-7-21)19(12-17)26-2/h5-6,8,10,12,16H,3-4,7,9,11,13-14,21H2,1-2H3/t16-/m1/s1. The van der Waals surface area contributed by atoms with Crippen LogP contribution < -0.4 is 15.2 Å². The maximum atomic E-state index is 13.0. The van der Waals surface area contributed by atoms with Crippen LogP contribution >= 0.6 is 0 Å². The molecule has 146 valence electrons. The van der Waals surface area contributed by atoms with Crippen LogP contribution in [0.15, 0.2) is 30.6 Å². The minimum atomic E-state index is 0.0331. The third-order valence-corrected chi connectivity index (χ3v) is 4.97. The number of ether oxygens (including phenoxy) is 2. The van der Waals surface area contributed by atoms with Crippen molar-refractivity contribution >= 4 is 5.91 Å². The molecule has 3 rings (SSSR count). The van der Waals surface area contributed by atoms with Gasteiger partial charge in [-0.1, -0.05) is 0 Å². The first kappa shape index (κ1) is 19.2. The molecule has 1 amide bonds. The molecule has 2 heterocycles. The van der Waals surface area contributed by atoms with Crippen molar-refractivity contribution in [2.24, 2.45) is 11.7 Å². The molecule has 7 nitrogen and oxygen atoms in total. The zero-order valence-electron chi connectivity index (χ0n) is 16.1. The predicted molar refractivity (Wildman–Crippen MR) is 103 cm³/mol. The Bertz CT molecular complexity index is 774. The van der Waals surface area contributed by atoms with Gasteiger partial charge in [0.2, 0.25) is 0 Å². The van der Waals surface area contributed by atoms with E-state index in [0.717, 1.165) is 38.3 Å². The first-order valence-corrected chi connectivity index (χ1v) is 9.40. The average molecular weight is 372 g/mol. The van der Waals surface area contributed by atoms with Crippen LogP contribution in [-0.2, 0) is 6.54 Å². The summed E-state index contributed by atoms with van der Waals surface area (Å²) in [5, 5.41) is 0. The highest BCUT2D eigenvalue weighted by molar-refractivity contribution is 5.95. The zero-order valence-corrected chi connectivity index (χ0v) is 16.1. The van der Waals surface area contributed by atoms with Crippen molar-refractivity contribution in [2.45, 2.75) is 26.3 Å². The van der Waals surface area contributed by atoms with Crippen molar-refractivity contribution < 1.29 is 14.3 Å². The van der Waals surface area contributed by atoms with E-state index < -0.39 is 0 Å². The van der Waals surface area contributed by atoms with Gasteiger partial charge in [0.05, 0.1) is 7.11 Å². The van der Waals surface area contributed by atoms with Gasteiger partial charge >= 0.3 is 0 Å². The number of carbonyl (C=O) groups is 1. The molecule has 1 aliphatic rings. The smallest absolute Gasteiger partial charge is 0.254 e. The number of likely N-dealkylation sites (tertiary alicyclic amines) is 1. The number of methoxy groups -OCH3 is 1. The van der Waals surface area contributed by atoms with Crippen LogP contribution in [0, 0.1) is 12.8 Å². The minimum Gasteiger partial charge on any atom is -0.493 e. The molecule has 0 unspecified atom stereocenters. The Morgan fingerprint density at radius 1 is 1.37 bits per heavy atom. The van der Waals surface area contributed by atoms with Crippen LogP contribution in [0.1, 0.15) is 29.0 Å². The lowest BCUT2D eigenvalue weighted by molar-refractivity contribution is 0.0661. The zero-order chi connectivity index (χ0) is 19.2. The van der Waals surface area contributed by atoms with E-state index in [1.807, 2.05) is 24.2 Å². The Hall–Kier alpha value is -2.54. The number of amides is 1. The molecule has 2 aromatic rings. The Morgan fingerprint density at radius 2 is 2.22 bits per heavy atom. The van der Waals surface area contributed by atoms with Gasteiger partial charge in [0.1, 0.15) is 12.4 Å². The van der Waals surface area contributed by atoms with E-state index in [1.54, 1.807) is 25.3 Å². The number of hydrogen-bond acceptors (Lipinski definition) is 5. The van der Waals surface area contributed by atoms with Crippen LogP contribution in [0.5, 0.6) is 11.5 Å². The number of hydrogen-bond donors (Lipinski definition) is 1. The maximum Gasteiger partial charge on any atom is 0.254 e. The van der Waals surface area contributed by atoms with Crippen molar-refractivity contribution in [2.75, 3.05) is 33.4 Å². The predicted octanol–water partition coefficient (Wildman–Crippen LogP) is 2.09.